The van der Waals surface area contributed by atoms with Crippen LogP contribution in [0.2, 0.25) is 0 Å². The van der Waals surface area contributed by atoms with Crippen LogP contribution in [0.3, 0.4) is 0 Å². The molecule has 0 aliphatic carbocycles. The van der Waals surface area contributed by atoms with Crippen molar-refractivity contribution in [1.29, 1.82) is 0 Å². The second kappa shape index (κ2) is 6.89. The predicted octanol–water partition coefficient (Wildman–Crippen LogP) is 1.73. The van der Waals surface area contributed by atoms with E-state index < -0.39 is 0 Å². The molecule has 0 unspecified atom stereocenters. The highest BCUT2D eigenvalue weighted by atomic mass is 16.2. The predicted molar refractivity (Wildman–Crippen MR) is 77.8 cm³/mol. The zero-order chi connectivity index (χ0) is 14.4. The van der Waals surface area contributed by atoms with Crippen LogP contribution in [0.4, 0.5) is 0 Å². The van der Waals surface area contributed by atoms with Crippen LogP contribution in [0.5, 0.6) is 0 Å². The molecule has 1 heterocycles. The molecule has 2 amide bonds. The Labute approximate surface area is 119 Å². The smallest absolute Gasteiger partial charge is 0.245 e. The molecule has 20 heavy (non-hydrogen) atoms. The zero-order valence-electron chi connectivity index (χ0n) is 11.5. The summed E-state index contributed by atoms with van der Waals surface area (Å²) >= 11 is 0. The Morgan fingerprint density at radius 1 is 1.25 bits per heavy atom. The number of carbonyl (C=O) groups excluding carboxylic acids is 2. The number of hydrogen-bond acceptors (Lipinski definition) is 2. The number of rotatable bonds is 4. The fraction of sp³-hybridized carbons (Fsp3) is 0.375. The molecule has 1 aliphatic rings. The Bertz CT molecular complexity index is 477. The van der Waals surface area contributed by atoms with Gasteiger partial charge in [-0.3, -0.25) is 9.59 Å². The number of nitrogens with zero attached hydrogens (tertiary/aromatic N) is 1. The van der Waals surface area contributed by atoms with Crippen molar-refractivity contribution in [2.75, 3.05) is 13.1 Å². The van der Waals surface area contributed by atoms with Crippen molar-refractivity contribution in [3.8, 4) is 0 Å². The maximum absolute atomic E-state index is 12.1. The van der Waals surface area contributed by atoms with E-state index >= 15 is 0 Å². The minimum atomic E-state index is -0.0480. The SMILES string of the molecule is C=CC(=O)N1CCC(C(=O)NCc2ccccc2)CC1. The molecule has 4 heteroatoms. The molecule has 0 spiro atoms. The molecule has 0 radical (unpaired) electrons. The maximum Gasteiger partial charge on any atom is 0.245 e. The van der Waals surface area contributed by atoms with Crippen molar-refractivity contribution in [3.63, 3.8) is 0 Å². The number of benzene rings is 1. The van der Waals surface area contributed by atoms with Gasteiger partial charge < -0.3 is 10.2 Å². The number of amides is 2. The highest BCUT2D eigenvalue weighted by Crippen LogP contribution is 2.17. The number of likely N-dealkylation sites (tertiary alicyclic amines) is 1. The number of carbonyl (C=O) groups is 2. The van der Waals surface area contributed by atoms with Gasteiger partial charge in [0, 0.05) is 25.6 Å². The van der Waals surface area contributed by atoms with E-state index in [1.165, 1.54) is 6.08 Å². The lowest BCUT2D eigenvalue weighted by atomic mass is 9.95. The molecule has 1 aliphatic heterocycles. The molecular weight excluding hydrogens is 252 g/mol. The van der Waals surface area contributed by atoms with Crippen LogP contribution in [0.1, 0.15) is 18.4 Å². The molecule has 0 aromatic heterocycles. The Balaban J connectivity index is 1.77. The first-order chi connectivity index (χ1) is 9.70. The van der Waals surface area contributed by atoms with Crippen LogP contribution in [0, 0.1) is 5.92 Å². The van der Waals surface area contributed by atoms with E-state index in [-0.39, 0.29) is 17.7 Å². The van der Waals surface area contributed by atoms with Gasteiger partial charge in [0.15, 0.2) is 0 Å². The van der Waals surface area contributed by atoms with E-state index in [2.05, 4.69) is 11.9 Å². The van der Waals surface area contributed by atoms with Gasteiger partial charge in [-0.1, -0.05) is 36.9 Å². The number of nitrogens with one attached hydrogen (secondary N) is 1. The van der Waals surface area contributed by atoms with E-state index in [9.17, 15) is 9.59 Å². The third kappa shape index (κ3) is 3.70. The third-order valence-corrected chi connectivity index (χ3v) is 3.66. The summed E-state index contributed by atoms with van der Waals surface area (Å²) in [5, 5.41) is 2.96. The molecule has 1 fully saturated rings. The lowest BCUT2D eigenvalue weighted by Crippen LogP contribution is -2.42. The second-order valence-corrected chi connectivity index (χ2v) is 5.01. The van der Waals surface area contributed by atoms with Crippen molar-refractivity contribution in [3.05, 3.63) is 48.6 Å². The van der Waals surface area contributed by atoms with Crippen molar-refractivity contribution in [2.45, 2.75) is 19.4 Å². The monoisotopic (exact) mass is 272 g/mol. The van der Waals surface area contributed by atoms with Gasteiger partial charge in [0.05, 0.1) is 0 Å². The van der Waals surface area contributed by atoms with Crippen molar-refractivity contribution in [2.24, 2.45) is 5.92 Å². The minimum absolute atomic E-state index is 0.00702. The molecule has 1 aromatic carbocycles. The quantitative estimate of drug-likeness (QED) is 0.849. The van der Waals surface area contributed by atoms with Crippen LogP contribution < -0.4 is 5.32 Å². The first-order valence-corrected chi connectivity index (χ1v) is 6.93. The fourth-order valence-electron chi connectivity index (χ4n) is 2.42. The molecule has 1 saturated heterocycles. The number of hydrogen-bond donors (Lipinski definition) is 1. The normalized spacial score (nSPS) is 15.7. The summed E-state index contributed by atoms with van der Waals surface area (Å²) in [5.74, 6) is 0.0419. The van der Waals surface area contributed by atoms with E-state index in [4.69, 9.17) is 0 Å². The lowest BCUT2D eigenvalue weighted by molar-refractivity contribution is -0.132. The molecule has 0 atom stereocenters. The standard InChI is InChI=1S/C16H20N2O2/c1-2-15(19)18-10-8-14(9-11-18)16(20)17-12-13-6-4-3-5-7-13/h2-7,14H,1,8-12H2,(H,17,20). The largest absolute Gasteiger partial charge is 0.352 e. The van der Waals surface area contributed by atoms with Gasteiger partial charge in [-0.2, -0.15) is 0 Å². The highest BCUT2D eigenvalue weighted by molar-refractivity contribution is 5.87. The van der Waals surface area contributed by atoms with Gasteiger partial charge in [-0.15, -0.1) is 0 Å². The van der Waals surface area contributed by atoms with Crippen LogP contribution in [-0.4, -0.2) is 29.8 Å². The molecular formula is C16H20N2O2. The molecule has 0 saturated carbocycles. The maximum atomic E-state index is 12.1. The van der Waals surface area contributed by atoms with Crippen LogP contribution >= 0.6 is 0 Å². The summed E-state index contributed by atoms with van der Waals surface area (Å²) in [4.78, 5) is 25.3. The summed E-state index contributed by atoms with van der Waals surface area (Å²) < 4.78 is 0. The van der Waals surface area contributed by atoms with Crippen LogP contribution in [0.25, 0.3) is 0 Å². The number of piperidine rings is 1. The summed E-state index contributed by atoms with van der Waals surface area (Å²) in [6, 6.07) is 9.86. The fourth-order valence-corrected chi connectivity index (χ4v) is 2.42. The Kier molecular flexibility index (Phi) is 4.93. The van der Waals surface area contributed by atoms with Gasteiger partial charge in [0.1, 0.15) is 0 Å². The third-order valence-electron chi connectivity index (χ3n) is 3.66. The van der Waals surface area contributed by atoms with E-state index in [0.29, 0.717) is 19.6 Å². The highest BCUT2D eigenvalue weighted by Gasteiger charge is 2.26. The summed E-state index contributed by atoms with van der Waals surface area (Å²) in [5.41, 5.74) is 1.10. The van der Waals surface area contributed by atoms with Gasteiger partial charge in [-0.05, 0) is 24.5 Å². The first-order valence-electron chi connectivity index (χ1n) is 6.93. The molecule has 1 N–H and O–H groups in total. The van der Waals surface area contributed by atoms with Gasteiger partial charge in [-0.25, -0.2) is 0 Å². The molecule has 2 rings (SSSR count). The lowest BCUT2D eigenvalue weighted by Gasteiger charge is -2.30. The van der Waals surface area contributed by atoms with Gasteiger partial charge >= 0.3 is 0 Å². The van der Waals surface area contributed by atoms with Crippen molar-refractivity contribution < 1.29 is 9.59 Å². The molecule has 106 valence electrons. The molecule has 0 bridgehead atoms. The van der Waals surface area contributed by atoms with E-state index in [0.717, 1.165) is 18.4 Å². The Morgan fingerprint density at radius 3 is 2.50 bits per heavy atom. The van der Waals surface area contributed by atoms with Gasteiger partial charge in [0.2, 0.25) is 11.8 Å². The van der Waals surface area contributed by atoms with Crippen molar-refractivity contribution in [1.82, 2.24) is 10.2 Å². The molecule has 4 nitrogen and oxygen atoms in total. The van der Waals surface area contributed by atoms with E-state index in [1.807, 2.05) is 30.3 Å². The van der Waals surface area contributed by atoms with Gasteiger partial charge in [0.25, 0.3) is 0 Å². The van der Waals surface area contributed by atoms with Crippen LogP contribution in [-0.2, 0) is 16.1 Å². The minimum Gasteiger partial charge on any atom is -0.352 e. The Hall–Kier alpha value is -2.10. The topological polar surface area (TPSA) is 49.4 Å². The molecule has 1 aromatic rings. The van der Waals surface area contributed by atoms with E-state index in [1.54, 1.807) is 4.90 Å². The van der Waals surface area contributed by atoms with Crippen molar-refractivity contribution >= 4 is 11.8 Å². The second-order valence-electron chi connectivity index (χ2n) is 5.01. The summed E-state index contributed by atoms with van der Waals surface area (Å²) in [6.07, 6.45) is 2.77. The average molecular weight is 272 g/mol. The average Bonchev–Trinajstić information content (AvgIpc) is 2.53. The summed E-state index contributed by atoms with van der Waals surface area (Å²) in [7, 11) is 0. The first kappa shape index (κ1) is 14.3. The Morgan fingerprint density at radius 2 is 1.90 bits per heavy atom. The summed E-state index contributed by atoms with van der Waals surface area (Å²) in [6.45, 7) is 5.31. The van der Waals surface area contributed by atoms with Crippen LogP contribution in [0.15, 0.2) is 43.0 Å². The zero-order valence-corrected chi connectivity index (χ0v) is 11.5.